The van der Waals surface area contributed by atoms with E-state index in [4.69, 9.17) is 16.3 Å². The smallest absolute Gasteiger partial charge is 0.258 e. The van der Waals surface area contributed by atoms with E-state index in [0.717, 1.165) is 18.2 Å². The number of methoxy groups -OCH3 is 1. The lowest BCUT2D eigenvalue weighted by molar-refractivity contribution is 0.102. The van der Waals surface area contributed by atoms with Crippen molar-refractivity contribution < 1.29 is 22.3 Å². The van der Waals surface area contributed by atoms with Gasteiger partial charge in [-0.2, -0.15) is 0 Å². The number of nitrogens with one attached hydrogen (secondary N) is 2. The second-order valence-electron chi connectivity index (χ2n) is 6.24. The highest BCUT2D eigenvalue weighted by Gasteiger charge is 2.20. The maximum absolute atomic E-state index is 14.2. The quantitative estimate of drug-likeness (QED) is 0.566. The molecule has 0 aliphatic carbocycles. The molecular formula is C21H18ClFN2O4S. The lowest BCUT2D eigenvalue weighted by atomic mass is 10.2. The molecule has 30 heavy (non-hydrogen) atoms. The highest BCUT2D eigenvalue weighted by Crippen LogP contribution is 2.20. The molecular weight excluding hydrogens is 431 g/mol. The van der Waals surface area contributed by atoms with Crippen LogP contribution in [0.5, 0.6) is 5.75 Å². The number of carbonyl (C=O) groups excluding carboxylic acids is 1. The Bertz CT molecular complexity index is 1170. The van der Waals surface area contributed by atoms with E-state index in [0.29, 0.717) is 22.0 Å². The van der Waals surface area contributed by atoms with Crippen molar-refractivity contribution in [3.05, 3.63) is 88.7 Å². The molecule has 9 heteroatoms. The van der Waals surface area contributed by atoms with Gasteiger partial charge in [-0.25, -0.2) is 17.5 Å². The summed E-state index contributed by atoms with van der Waals surface area (Å²) in [7, 11) is -2.49. The Labute approximate surface area is 178 Å². The minimum absolute atomic E-state index is 0.0488. The number of hydrogen-bond donors (Lipinski definition) is 2. The second kappa shape index (κ2) is 9.25. The predicted molar refractivity (Wildman–Crippen MR) is 113 cm³/mol. The van der Waals surface area contributed by atoms with Crippen LogP contribution >= 0.6 is 11.6 Å². The first-order valence-corrected chi connectivity index (χ1v) is 10.6. The molecule has 0 heterocycles. The molecule has 0 aliphatic rings. The number of carbonyl (C=O) groups is 1. The summed E-state index contributed by atoms with van der Waals surface area (Å²) in [5.41, 5.74) is 0.596. The predicted octanol–water partition coefficient (Wildman–Crippen LogP) is 4.22. The van der Waals surface area contributed by atoms with E-state index in [9.17, 15) is 17.6 Å². The van der Waals surface area contributed by atoms with Gasteiger partial charge < -0.3 is 10.1 Å². The van der Waals surface area contributed by atoms with Crippen LogP contribution in [0.25, 0.3) is 0 Å². The van der Waals surface area contributed by atoms with Gasteiger partial charge in [0, 0.05) is 17.3 Å². The summed E-state index contributed by atoms with van der Waals surface area (Å²) < 4.78 is 46.9. The van der Waals surface area contributed by atoms with Gasteiger partial charge in [0.25, 0.3) is 5.91 Å². The van der Waals surface area contributed by atoms with Gasteiger partial charge in [0.05, 0.1) is 17.6 Å². The Kier molecular flexibility index (Phi) is 6.71. The fourth-order valence-electron chi connectivity index (χ4n) is 2.62. The highest BCUT2D eigenvalue weighted by atomic mass is 35.5. The zero-order valence-electron chi connectivity index (χ0n) is 15.9. The van der Waals surface area contributed by atoms with E-state index in [1.54, 1.807) is 48.5 Å². The lowest BCUT2D eigenvalue weighted by Crippen LogP contribution is -2.24. The summed E-state index contributed by atoms with van der Waals surface area (Å²) in [6.07, 6.45) is 0. The zero-order chi connectivity index (χ0) is 21.7. The van der Waals surface area contributed by atoms with Crippen LogP contribution in [0.1, 0.15) is 15.9 Å². The van der Waals surface area contributed by atoms with Crippen molar-refractivity contribution in [1.82, 2.24) is 4.72 Å². The van der Waals surface area contributed by atoms with Gasteiger partial charge in [-0.1, -0.05) is 29.8 Å². The van der Waals surface area contributed by atoms with Gasteiger partial charge in [-0.05, 0) is 54.1 Å². The van der Waals surface area contributed by atoms with E-state index < -0.39 is 27.3 Å². The van der Waals surface area contributed by atoms with Gasteiger partial charge in [0.2, 0.25) is 10.0 Å². The molecule has 1 amide bonds. The summed E-state index contributed by atoms with van der Waals surface area (Å²) in [4.78, 5) is 12.2. The zero-order valence-corrected chi connectivity index (χ0v) is 17.4. The Morgan fingerprint density at radius 2 is 1.77 bits per heavy atom. The number of anilines is 1. The first-order valence-electron chi connectivity index (χ1n) is 8.78. The molecule has 0 fully saturated rings. The van der Waals surface area contributed by atoms with E-state index in [1.165, 1.54) is 7.11 Å². The molecule has 0 saturated carbocycles. The number of hydrogen-bond acceptors (Lipinski definition) is 4. The molecule has 0 aliphatic heterocycles. The van der Waals surface area contributed by atoms with Crippen molar-refractivity contribution in [3.8, 4) is 5.75 Å². The molecule has 0 atom stereocenters. The molecule has 0 spiro atoms. The number of sulfonamides is 1. The Morgan fingerprint density at radius 1 is 1.07 bits per heavy atom. The van der Waals surface area contributed by atoms with Gasteiger partial charge >= 0.3 is 0 Å². The van der Waals surface area contributed by atoms with Gasteiger partial charge in [0.15, 0.2) is 0 Å². The molecule has 2 N–H and O–H groups in total. The molecule has 6 nitrogen and oxygen atoms in total. The monoisotopic (exact) mass is 448 g/mol. The number of ether oxygens (including phenoxy) is 1. The fraction of sp³-hybridized carbons (Fsp3) is 0.0952. The lowest BCUT2D eigenvalue weighted by Gasteiger charge is -2.11. The average Bonchev–Trinajstić information content (AvgIpc) is 2.74. The first kappa shape index (κ1) is 21.8. The van der Waals surface area contributed by atoms with E-state index in [-0.39, 0.29) is 11.4 Å². The molecule has 3 rings (SSSR count). The van der Waals surface area contributed by atoms with Crippen molar-refractivity contribution in [2.45, 2.75) is 11.4 Å². The number of amides is 1. The van der Waals surface area contributed by atoms with E-state index >= 15 is 0 Å². The molecule has 3 aromatic carbocycles. The Morgan fingerprint density at radius 3 is 2.43 bits per heavy atom. The summed E-state index contributed by atoms with van der Waals surface area (Å²) in [5.74, 6) is -1.02. The third kappa shape index (κ3) is 5.15. The van der Waals surface area contributed by atoms with Gasteiger partial charge in [-0.15, -0.1) is 0 Å². The van der Waals surface area contributed by atoms with Crippen LogP contribution < -0.4 is 14.8 Å². The molecule has 3 aromatic rings. The van der Waals surface area contributed by atoms with Crippen molar-refractivity contribution in [2.24, 2.45) is 0 Å². The molecule has 0 bridgehead atoms. The average molecular weight is 449 g/mol. The molecule has 0 saturated heterocycles. The molecule has 0 unspecified atom stereocenters. The van der Waals surface area contributed by atoms with Crippen molar-refractivity contribution in [3.63, 3.8) is 0 Å². The Balaban J connectivity index is 1.79. The maximum Gasteiger partial charge on any atom is 0.258 e. The fourth-order valence-corrected chi connectivity index (χ4v) is 3.85. The minimum Gasteiger partial charge on any atom is -0.497 e. The molecule has 0 radical (unpaired) electrons. The summed E-state index contributed by atoms with van der Waals surface area (Å²) in [5, 5.41) is 2.94. The topological polar surface area (TPSA) is 84.5 Å². The third-order valence-electron chi connectivity index (χ3n) is 4.25. The van der Waals surface area contributed by atoms with E-state index in [2.05, 4.69) is 10.0 Å². The summed E-state index contributed by atoms with van der Waals surface area (Å²) >= 11 is 6.04. The highest BCUT2D eigenvalue weighted by molar-refractivity contribution is 7.89. The van der Waals surface area contributed by atoms with Gasteiger partial charge in [-0.3, -0.25) is 4.79 Å². The van der Waals surface area contributed by atoms with E-state index in [1.807, 2.05) is 0 Å². The third-order valence-corrected chi connectivity index (χ3v) is 6.02. The van der Waals surface area contributed by atoms with Crippen LogP contribution in [0.2, 0.25) is 5.02 Å². The van der Waals surface area contributed by atoms with Crippen LogP contribution in [0.4, 0.5) is 10.1 Å². The SMILES string of the molecule is COc1ccc(NC(=O)c2cc(S(=O)(=O)NCc3ccccc3Cl)ccc2F)cc1. The first-order chi connectivity index (χ1) is 14.3. The standard InChI is InChI=1S/C21H18ClFN2O4S/c1-29-16-8-6-15(7-9-16)25-21(26)18-12-17(10-11-20(18)23)30(27,28)24-13-14-4-2-3-5-19(14)22/h2-12,24H,13H2,1H3,(H,25,26). The molecule has 156 valence electrons. The largest absolute Gasteiger partial charge is 0.497 e. The second-order valence-corrected chi connectivity index (χ2v) is 8.41. The summed E-state index contributed by atoms with van der Waals surface area (Å²) in [6, 6.07) is 16.2. The van der Waals surface area contributed by atoms with Crippen LogP contribution in [-0.4, -0.2) is 21.4 Å². The van der Waals surface area contributed by atoms with Crippen LogP contribution in [-0.2, 0) is 16.6 Å². The van der Waals surface area contributed by atoms with Crippen molar-refractivity contribution in [1.29, 1.82) is 0 Å². The van der Waals surface area contributed by atoms with Crippen LogP contribution in [0.3, 0.4) is 0 Å². The van der Waals surface area contributed by atoms with Crippen LogP contribution in [0, 0.1) is 5.82 Å². The Hall–Kier alpha value is -2.94. The number of rotatable bonds is 7. The normalized spacial score (nSPS) is 11.2. The van der Waals surface area contributed by atoms with Crippen molar-refractivity contribution >= 4 is 33.2 Å². The van der Waals surface area contributed by atoms with Gasteiger partial charge in [0.1, 0.15) is 11.6 Å². The maximum atomic E-state index is 14.2. The van der Waals surface area contributed by atoms with Crippen molar-refractivity contribution in [2.75, 3.05) is 12.4 Å². The van der Waals surface area contributed by atoms with Crippen LogP contribution in [0.15, 0.2) is 71.6 Å². The summed E-state index contributed by atoms with van der Waals surface area (Å²) in [6.45, 7) is -0.0488. The number of benzene rings is 3. The number of halogens is 2. The molecule has 0 aromatic heterocycles. The minimum atomic E-state index is -4.00.